The van der Waals surface area contributed by atoms with Crippen LogP contribution in [0.4, 0.5) is 5.69 Å². The van der Waals surface area contributed by atoms with Gasteiger partial charge in [-0.3, -0.25) is 14.9 Å². The summed E-state index contributed by atoms with van der Waals surface area (Å²) < 4.78 is 0.987. The van der Waals surface area contributed by atoms with Crippen LogP contribution in [0.15, 0.2) is 53.0 Å². The smallest absolute Gasteiger partial charge is 0.269 e. The van der Waals surface area contributed by atoms with Gasteiger partial charge >= 0.3 is 0 Å². The number of nitro benzene ring substituents is 1. The van der Waals surface area contributed by atoms with Gasteiger partial charge in [0.05, 0.1) is 17.4 Å². The Kier molecular flexibility index (Phi) is 5.27. The minimum atomic E-state index is -0.459. The van der Waals surface area contributed by atoms with Crippen molar-refractivity contribution in [2.75, 3.05) is 0 Å². The summed E-state index contributed by atoms with van der Waals surface area (Å²) in [6, 6.07) is 13.6. The summed E-state index contributed by atoms with van der Waals surface area (Å²) in [7, 11) is 0. The molecule has 2 aromatic rings. The molecule has 0 aliphatic rings. The molecule has 1 unspecified atom stereocenters. The molecule has 5 nitrogen and oxygen atoms in total. The van der Waals surface area contributed by atoms with Gasteiger partial charge in [-0.05, 0) is 30.2 Å². The number of carbonyl (C=O) groups is 1. The van der Waals surface area contributed by atoms with Gasteiger partial charge in [0.25, 0.3) is 5.69 Å². The van der Waals surface area contributed by atoms with Crippen LogP contribution in [-0.4, -0.2) is 10.8 Å². The van der Waals surface area contributed by atoms with Crippen LogP contribution >= 0.6 is 15.9 Å². The maximum absolute atomic E-state index is 12.0. The zero-order valence-electron chi connectivity index (χ0n) is 12.0. The molecular weight excluding hydrogens is 348 g/mol. The number of amides is 1. The highest BCUT2D eigenvalue weighted by molar-refractivity contribution is 9.10. The molecule has 1 N–H and O–H groups in total. The molecule has 0 saturated carbocycles. The van der Waals surface area contributed by atoms with E-state index in [2.05, 4.69) is 21.2 Å². The summed E-state index contributed by atoms with van der Waals surface area (Å²) in [6.07, 6.45) is 0.193. The summed E-state index contributed by atoms with van der Waals surface area (Å²) >= 11 is 3.37. The molecule has 0 heterocycles. The Morgan fingerprint density at radius 3 is 2.32 bits per heavy atom. The van der Waals surface area contributed by atoms with Crippen LogP contribution in [0, 0.1) is 10.1 Å². The Hall–Kier alpha value is -2.21. The molecule has 0 aromatic heterocycles. The van der Waals surface area contributed by atoms with E-state index in [-0.39, 0.29) is 24.1 Å². The van der Waals surface area contributed by atoms with Crippen molar-refractivity contribution < 1.29 is 9.72 Å². The number of nitrogens with zero attached hydrogens (tertiary/aromatic N) is 1. The number of rotatable bonds is 5. The predicted octanol–water partition coefficient (Wildman–Crippen LogP) is 3.78. The highest BCUT2D eigenvalue weighted by Gasteiger charge is 2.11. The minimum Gasteiger partial charge on any atom is -0.349 e. The zero-order valence-corrected chi connectivity index (χ0v) is 13.5. The van der Waals surface area contributed by atoms with Crippen LogP contribution in [0.25, 0.3) is 0 Å². The number of halogens is 1. The Morgan fingerprint density at radius 1 is 1.18 bits per heavy atom. The Bertz CT molecular complexity index is 669. The lowest BCUT2D eigenvalue weighted by molar-refractivity contribution is -0.384. The predicted molar refractivity (Wildman–Crippen MR) is 87.5 cm³/mol. The second-order valence-corrected chi connectivity index (χ2v) is 5.86. The third-order valence-electron chi connectivity index (χ3n) is 3.26. The lowest BCUT2D eigenvalue weighted by Crippen LogP contribution is -2.28. The van der Waals surface area contributed by atoms with E-state index in [1.165, 1.54) is 12.1 Å². The van der Waals surface area contributed by atoms with E-state index in [9.17, 15) is 14.9 Å². The van der Waals surface area contributed by atoms with Crippen LogP contribution in [0.5, 0.6) is 0 Å². The van der Waals surface area contributed by atoms with Crippen LogP contribution in [-0.2, 0) is 11.2 Å². The van der Waals surface area contributed by atoms with Crippen LogP contribution in [0.2, 0.25) is 0 Å². The molecule has 2 rings (SSSR count). The van der Waals surface area contributed by atoms with Crippen molar-refractivity contribution in [1.29, 1.82) is 0 Å². The second-order valence-electron chi connectivity index (χ2n) is 4.94. The Labute approximate surface area is 136 Å². The standard InChI is InChI=1S/C16H15BrN2O3/c1-11(13-4-6-14(17)7-5-13)18-16(20)10-12-2-8-15(9-3-12)19(21)22/h2-9,11H,10H2,1H3,(H,18,20). The topological polar surface area (TPSA) is 72.2 Å². The molecular formula is C16H15BrN2O3. The van der Waals surface area contributed by atoms with E-state index in [4.69, 9.17) is 0 Å². The van der Waals surface area contributed by atoms with Gasteiger partial charge in [0, 0.05) is 16.6 Å². The Balaban J connectivity index is 1.94. The van der Waals surface area contributed by atoms with Crippen molar-refractivity contribution in [3.63, 3.8) is 0 Å². The van der Waals surface area contributed by atoms with Crippen LogP contribution in [0.1, 0.15) is 24.1 Å². The summed E-state index contributed by atoms with van der Waals surface area (Å²) in [5.41, 5.74) is 1.78. The van der Waals surface area contributed by atoms with E-state index in [0.29, 0.717) is 0 Å². The van der Waals surface area contributed by atoms with E-state index in [1.54, 1.807) is 12.1 Å². The first-order valence-corrected chi connectivity index (χ1v) is 7.53. The highest BCUT2D eigenvalue weighted by Crippen LogP contribution is 2.17. The number of benzene rings is 2. The number of hydrogen-bond acceptors (Lipinski definition) is 3. The normalized spacial score (nSPS) is 11.7. The third-order valence-corrected chi connectivity index (χ3v) is 3.79. The lowest BCUT2D eigenvalue weighted by Gasteiger charge is -2.14. The molecule has 2 aromatic carbocycles. The van der Waals surface area contributed by atoms with Gasteiger partial charge in [0.15, 0.2) is 0 Å². The van der Waals surface area contributed by atoms with Crippen LogP contribution in [0.3, 0.4) is 0 Å². The molecule has 1 atom stereocenters. The monoisotopic (exact) mass is 362 g/mol. The van der Waals surface area contributed by atoms with Gasteiger partial charge in [0.2, 0.25) is 5.91 Å². The first-order valence-electron chi connectivity index (χ1n) is 6.74. The van der Waals surface area contributed by atoms with Gasteiger partial charge in [-0.1, -0.05) is 40.2 Å². The van der Waals surface area contributed by atoms with E-state index in [0.717, 1.165) is 15.6 Å². The Morgan fingerprint density at radius 2 is 1.77 bits per heavy atom. The van der Waals surface area contributed by atoms with Gasteiger partial charge in [-0.15, -0.1) is 0 Å². The second kappa shape index (κ2) is 7.17. The molecule has 0 fully saturated rings. The molecule has 0 saturated heterocycles. The summed E-state index contributed by atoms with van der Waals surface area (Å²) in [5, 5.41) is 13.5. The van der Waals surface area contributed by atoms with Gasteiger partial charge in [-0.25, -0.2) is 0 Å². The van der Waals surface area contributed by atoms with Crippen molar-refractivity contribution >= 4 is 27.5 Å². The van der Waals surface area contributed by atoms with Gasteiger partial charge < -0.3 is 5.32 Å². The maximum atomic E-state index is 12.0. The van der Waals surface area contributed by atoms with Crippen molar-refractivity contribution in [1.82, 2.24) is 5.32 Å². The van der Waals surface area contributed by atoms with Gasteiger partial charge in [0.1, 0.15) is 0 Å². The van der Waals surface area contributed by atoms with Crippen molar-refractivity contribution in [2.45, 2.75) is 19.4 Å². The van der Waals surface area contributed by atoms with Crippen molar-refractivity contribution in [2.24, 2.45) is 0 Å². The average Bonchev–Trinajstić information content (AvgIpc) is 2.48. The third kappa shape index (κ3) is 4.39. The first-order chi connectivity index (χ1) is 10.5. The van der Waals surface area contributed by atoms with Crippen molar-refractivity contribution in [3.05, 3.63) is 74.2 Å². The van der Waals surface area contributed by atoms with E-state index in [1.807, 2.05) is 31.2 Å². The first kappa shape index (κ1) is 16.2. The number of carbonyl (C=O) groups excluding carboxylic acids is 1. The quantitative estimate of drug-likeness (QED) is 0.649. The molecule has 1 amide bonds. The fraction of sp³-hybridized carbons (Fsp3) is 0.188. The number of nitro groups is 1. The zero-order chi connectivity index (χ0) is 16.1. The molecule has 0 bridgehead atoms. The molecule has 0 aliphatic heterocycles. The van der Waals surface area contributed by atoms with Crippen LogP contribution < -0.4 is 5.32 Å². The minimum absolute atomic E-state index is 0.0207. The van der Waals surface area contributed by atoms with E-state index >= 15 is 0 Å². The summed E-state index contributed by atoms with van der Waals surface area (Å²) in [6.45, 7) is 1.91. The average molecular weight is 363 g/mol. The maximum Gasteiger partial charge on any atom is 0.269 e. The molecule has 6 heteroatoms. The van der Waals surface area contributed by atoms with E-state index < -0.39 is 4.92 Å². The molecule has 0 radical (unpaired) electrons. The number of hydrogen-bond donors (Lipinski definition) is 1. The molecule has 0 spiro atoms. The number of non-ortho nitro benzene ring substituents is 1. The highest BCUT2D eigenvalue weighted by atomic mass is 79.9. The summed E-state index contributed by atoms with van der Waals surface area (Å²) in [5.74, 6) is -0.121. The molecule has 22 heavy (non-hydrogen) atoms. The van der Waals surface area contributed by atoms with Crippen molar-refractivity contribution in [3.8, 4) is 0 Å². The lowest BCUT2D eigenvalue weighted by atomic mass is 10.1. The fourth-order valence-electron chi connectivity index (χ4n) is 2.05. The fourth-order valence-corrected chi connectivity index (χ4v) is 2.31. The molecule has 114 valence electrons. The molecule has 0 aliphatic carbocycles. The SMILES string of the molecule is CC(NC(=O)Cc1ccc([N+](=O)[O-])cc1)c1ccc(Br)cc1. The largest absolute Gasteiger partial charge is 0.349 e. The summed E-state index contributed by atoms with van der Waals surface area (Å²) in [4.78, 5) is 22.2. The number of nitrogens with one attached hydrogen (secondary N) is 1. The van der Waals surface area contributed by atoms with Gasteiger partial charge in [-0.2, -0.15) is 0 Å².